The van der Waals surface area contributed by atoms with E-state index in [-0.39, 0.29) is 16.8 Å². The van der Waals surface area contributed by atoms with E-state index < -0.39 is 0 Å². The Morgan fingerprint density at radius 2 is 2.00 bits per heavy atom. The summed E-state index contributed by atoms with van der Waals surface area (Å²) in [5.41, 5.74) is 1.42. The fourth-order valence-corrected chi connectivity index (χ4v) is 2.57. The van der Waals surface area contributed by atoms with Gasteiger partial charge >= 0.3 is 0 Å². The zero-order chi connectivity index (χ0) is 17.0. The summed E-state index contributed by atoms with van der Waals surface area (Å²) in [6, 6.07) is 9.54. The first-order valence-corrected chi connectivity index (χ1v) is 7.83. The summed E-state index contributed by atoms with van der Waals surface area (Å²) in [6.45, 7) is 1.67. The number of benzene rings is 2. The SMILES string of the molecule is COc1ccc(C(=O)NC(=S)Nc2ccc(C)c(F)c2)cc1Br. The number of rotatable bonds is 3. The van der Waals surface area contributed by atoms with Crippen molar-refractivity contribution in [2.45, 2.75) is 6.92 Å². The normalized spacial score (nSPS) is 10.1. The van der Waals surface area contributed by atoms with Crippen molar-refractivity contribution in [1.29, 1.82) is 0 Å². The Bertz CT molecular complexity index is 768. The van der Waals surface area contributed by atoms with Crippen LogP contribution in [0.4, 0.5) is 10.1 Å². The van der Waals surface area contributed by atoms with E-state index in [9.17, 15) is 9.18 Å². The molecule has 2 rings (SSSR count). The van der Waals surface area contributed by atoms with Crippen LogP contribution in [0.15, 0.2) is 40.9 Å². The van der Waals surface area contributed by atoms with Gasteiger partial charge in [0, 0.05) is 11.3 Å². The molecule has 0 aliphatic rings. The second-order valence-corrected chi connectivity index (χ2v) is 5.98. The molecule has 0 aliphatic heterocycles. The summed E-state index contributed by atoms with van der Waals surface area (Å²) in [5.74, 6) is -0.0981. The number of hydrogen-bond donors (Lipinski definition) is 2. The number of carbonyl (C=O) groups excluding carboxylic acids is 1. The molecule has 2 N–H and O–H groups in total. The first-order valence-electron chi connectivity index (χ1n) is 6.62. The minimum Gasteiger partial charge on any atom is -0.496 e. The van der Waals surface area contributed by atoms with Crippen molar-refractivity contribution in [3.05, 3.63) is 57.8 Å². The summed E-state index contributed by atoms with van der Waals surface area (Å²) in [7, 11) is 1.54. The van der Waals surface area contributed by atoms with Crippen molar-refractivity contribution in [2.24, 2.45) is 0 Å². The van der Waals surface area contributed by atoms with Crippen LogP contribution in [0.25, 0.3) is 0 Å². The predicted octanol–water partition coefficient (Wildman–Crippen LogP) is 4.03. The van der Waals surface area contributed by atoms with Gasteiger partial charge in [0.2, 0.25) is 0 Å². The molecule has 0 spiro atoms. The maximum absolute atomic E-state index is 13.5. The lowest BCUT2D eigenvalue weighted by atomic mass is 10.2. The standard InChI is InChI=1S/C16H14BrFN2O2S/c1-9-3-5-11(8-13(9)18)19-16(23)20-15(21)10-4-6-14(22-2)12(17)7-10/h3-8H,1-2H3,(H2,19,20,21,23). The molecule has 2 aromatic carbocycles. The third-order valence-electron chi connectivity index (χ3n) is 3.07. The van der Waals surface area contributed by atoms with Crippen molar-refractivity contribution >= 4 is 44.9 Å². The Morgan fingerprint density at radius 3 is 2.61 bits per heavy atom. The molecular weight excluding hydrogens is 383 g/mol. The van der Waals surface area contributed by atoms with Gasteiger partial charge in [-0.15, -0.1) is 0 Å². The molecule has 0 atom stereocenters. The Morgan fingerprint density at radius 1 is 1.26 bits per heavy atom. The van der Waals surface area contributed by atoms with Crippen LogP contribution in [-0.4, -0.2) is 18.1 Å². The number of carbonyl (C=O) groups is 1. The zero-order valence-electron chi connectivity index (χ0n) is 12.4. The van der Waals surface area contributed by atoms with Gasteiger partial charge in [-0.05, 0) is 71.0 Å². The number of nitrogens with one attached hydrogen (secondary N) is 2. The number of thiocarbonyl (C=S) groups is 1. The zero-order valence-corrected chi connectivity index (χ0v) is 14.8. The summed E-state index contributed by atoms with van der Waals surface area (Å²) < 4.78 is 19.3. The van der Waals surface area contributed by atoms with Crippen LogP contribution in [-0.2, 0) is 0 Å². The molecule has 1 amide bonds. The number of hydrogen-bond acceptors (Lipinski definition) is 3. The number of aryl methyl sites for hydroxylation is 1. The van der Waals surface area contributed by atoms with E-state index in [0.717, 1.165) is 0 Å². The molecule has 0 unspecified atom stereocenters. The van der Waals surface area contributed by atoms with E-state index in [1.54, 1.807) is 44.4 Å². The van der Waals surface area contributed by atoms with E-state index in [4.69, 9.17) is 17.0 Å². The topological polar surface area (TPSA) is 50.4 Å². The third-order valence-corrected chi connectivity index (χ3v) is 3.89. The van der Waals surface area contributed by atoms with Gasteiger partial charge in [0.05, 0.1) is 11.6 Å². The minimum absolute atomic E-state index is 0.0881. The molecule has 4 nitrogen and oxygen atoms in total. The molecule has 0 saturated heterocycles. The van der Waals surface area contributed by atoms with E-state index in [2.05, 4.69) is 26.6 Å². The monoisotopic (exact) mass is 396 g/mol. The first kappa shape index (κ1) is 17.4. The van der Waals surface area contributed by atoms with Gasteiger partial charge in [0.15, 0.2) is 5.11 Å². The summed E-state index contributed by atoms with van der Waals surface area (Å²) in [6.07, 6.45) is 0. The van der Waals surface area contributed by atoms with Gasteiger partial charge in [-0.1, -0.05) is 6.07 Å². The van der Waals surface area contributed by atoms with Crippen molar-refractivity contribution in [1.82, 2.24) is 5.32 Å². The smallest absolute Gasteiger partial charge is 0.257 e. The molecule has 2 aromatic rings. The van der Waals surface area contributed by atoms with Gasteiger partial charge in [-0.3, -0.25) is 10.1 Å². The minimum atomic E-state index is -0.376. The van der Waals surface area contributed by atoms with Crippen LogP contribution in [0, 0.1) is 12.7 Å². The molecule has 0 aliphatic carbocycles. The molecule has 0 bridgehead atoms. The van der Waals surface area contributed by atoms with Crippen LogP contribution in [0.2, 0.25) is 0 Å². The molecule has 0 heterocycles. The maximum atomic E-state index is 13.5. The molecule has 0 aromatic heterocycles. The molecular formula is C16H14BrFN2O2S. The van der Waals surface area contributed by atoms with Crippen LogP contribution >= 0.6 is 28.1 Å². The number of ether oxygens (including phenoxy) is 1. The van der Waals surface area contributed by atoms with Crippen molar-refractivity contribution in [3.63, 3.8) is 0 Å². The summed E-state index contributed by atoms with van der Waals surface area (Å²) in [4.78, 5) is 12.1. The highest BCUT2D eigenvalue weighted by atomic mass is 79.9. The highest BCUT2D eigenvalue weighted by molar-refractivity contribution is 9.10. The van der Waals surface area contributed by atoms with Crippen molar-refractivity contribution in [3.8, 4) is 5.75 Å². The van der Waals surface area contributed by atoms with Gasteiger partial charge in [0.1, 0.15) is 11.6 Å². The third kappa shape index (κ3) is 4.49. The number of anilines is 1. The molecule has 0 radical (unpaired) electrons. The number of amides is 1. The average Bonchev–Trinajstić information content (AvgIpc) is 2.50. The van der Waals surface area contributed by atoms with Crippen LogP contribution < -0.4 is 15.4 Å². The van der Waals surface area contributed by atoms with Gasteiger partial charge in [-0.25, -0.2) is 4.39 Å². The van der Waals surface area contributed by atoms with Crippen LogP contribution in [0.5, 0.6) is 5.75 Å². The highest BCUT2D eigenvalue weighted by Gasteiger charge is 2.11. The van der Waals surface area contributed by atoms with Gasteiger partial charge in [0.25, 0.3) is 5.91 Å². The Kier molecular flexibility index (Phi) is 5.68. The summed E-state index contributed by atoms with van der Waals surface area (Å²) >= 11 is 8.38. The molecule has 0 saturated carbocycles. The highest BCUT2D eigenvalue weighted by Crippen LogP contribution is 2.25. The quantitative estimate of drug-likeness (QED) is 0.768. The lowest BCUT2D eigenvalue weighted by Crippen LogP contribution is -2.34. The number of methoxy groups -OCH3 is 1. The molecule has 0 fully saturated rings. The fourth-order valence-electron chi connectivity index (χ4n) is 1.82. The molecule has 7 heteroatoms. The van der Waals surface area contributed by atoms with E-state index in [0.29, 0.717) is 27.0 Å². The maximum Gasteiger partial charge on any atom is 0.257 e. The van der Waals surface area contributed by atoms with Gasteiger partial charge in [-0.2, -0.15) is 0 Å². The Hall–Kier alpha value is -1.99. The molecule has 120 valence electrons. The first-order chi connectivity index (χ1) is 10.9. The largest absolute Gasteiger partial charge is 0.496 e. The van der Waals surface area contributed by atoms with Crippen molar-refractivity contribution in [2.75, 3.05) is 12.4 Å². The van der Waals surface area contributed by atoms with E-state index >= 15 is 0 Å². The van der Waals surface area contributed by atoms with Crippen LogP contribution in [0.3, 0.4) is 0 Å². The van der Waals surface area contributed by atoms with Crippen LogP contribution in [0.1, 0.15) is 15.9 Å². The lowest BCUT2D eigenvalue weighted by Gasteiger charge is -2.11. The summed E-state index contributed by atoms with van der Waals surface area (Å²) in [5, 5.41) is 5.40. The predicted molar refractivity (Wildman–Crippen MR) is 95.5 cm³/mol. The van der Waals surface area contributed by atoms with Crippen molar-refractivity contribution < 1.29 is 13.9 Å². The lowest BCUT2D eigenvalue weighted by molar-refractivity contribution is 0.0977. The van der Waals surface area contributed by atoms with E-state index in [1.165, 1.54) is 6.07 Å². The van der Waals surface area contributed by atoms with E-state index in [1.807, 2.05) is 0 Å². The second kappa shape index (κ2) is 7.52. The Labute approximate surface area is 147 Å². The average molecular weight is 397 g/mol. The fraction of sp³-hybridized carbons (Fsp3) is 0.125. The second-order valence-electron chi connectivity index (χ2n) is 4.72. The molecule has 23 heavy (non-hydrogen) atoms. The Balaban J connectivity index is 2.03. The number of halogens is 2. The van der Waals surface area contributed by atoms with Gasteiger partial charge < -0.3 is 10.1 Å².